The van der Waals surface area contributed by atoms with Crippen LogP contribution < -0.4 is 5.32 Å². The van der Waals surface area contributed by atoms with Gasteiger partial charge in [0.25, 0.3) is 5.69 Å². The number of halogens is 1. The van der Waals surface area contributed by atoms with E-state index in [9.17, 15) is 10.1 Å². The molecular formula is C10H8BrN3O3. The molecule has 17 heavy (non-hydrogen) atoms. The van der Waals surface area contributed by atoms with Crippen LogP contribution in [0.4, 0.5) is 11.4 Å². The molecule has 0 aliphatic rings. The summed E-state index contributed by atoms with van der Waals surface area (Å²) in [7, 11) is 0. The van der Waals surface area contributed by atoms with Gasteiger partial charge in [-0.05, 0) is 22.0 Å². The average molecular weight is 298 g/mol. The lowest BCUT2D eigenvalue weighted by atomic mass is 10.3. The van der Waals surface area contributed by atoms with Crippen LogP contribution in [0.25, 0.3) is 0 Å². The van der Waals surface area contributed by atoms with Crippen molar-refractivity contribution >= 4 is 27.3 Å². The van der Waals surface area contributed by atoms with Gasteiger partial charge in [0.1, 0.15) is 5.76 Å². The molecule has 0 bridgehead atoms. The van der Waals surface area contributed by atoms with Crippen LogP contribution in [-0.4, -0.2) is 9.91 Å². The second-order valence-corrected chi connectivity index (χ2v) is 4.10. The Morgan fingerprint density at radius 2 is 2.35 bits per heavy atom. The minimum absolute atomic E-state index is 0.0354. The molecular weight excluding hydrogens is 290 g/mol. The first-order valence-corrected chi connectivity index (χ1v) is 5.51. The molecule has 0 aliphatic heterocycles. The van der Waals surface area contributed by atoms with Crippen LogP contribution in [0, 0.1) is 10.1 Å². The third-order valence-electron chi connectivity index (χ3n) is 2.10. The van der Waals surface area contributed by atoms with Crippen molar-refractivity contribution in [2.75, 3.05) is 5.32 Å². The van der Waals surface area contributed by atoms with Crippen LogP contribution in [0.15, 0.2) is 39.7 Å². The molecule has 0 atom stereocenters. The molecule has 0 unspecified atom stereocenters. The Kier molecular flexibility index (Phi) is 3.38. The smallest absolute Gasteiger partial charge is 0.271 e. The highest BCUT2D eigenvalue weighted by Gasteiger charge is 2.09. The number of nitrogens with zero attached hydrogens (tertiary/aromatic N) is 2. The van der Waals surface area contributed by atoms with Crippen LogP contribution in [-0.2, 0) is 6.54 Å². The quantitative estimate of drug-likeness (QED) is 0.693. The first-order chi connectivity index (χ1) is 8.16. The zero-order valence-electron chi connectivity index (χ0n) is 8.59. The van der Waals surface area contributed by atoms with Gasteiger partial charge in [-0.15, -0.1) is 0 Å². The van der Waals surface area contributed by atoms with Crippen LogP contribution in [0.2, 0.25) is 0 Å². The zero-order valence-corrected chi connectivity index (χ0v) is 10.2. The Morgan fingerprint density at radius 1 is 1.53 bits per heavy atom. The third kappa shape index (κ3) is 2.82. The molecule has 1 aromatic heterocycles. The Labute approximate surface area is 105 Å². The minimum atomic E-state index is -0.438. The lowest BCUT2D eigenvalue weighted by molar-refractivity contribution is -0.384. The van der Waals surface area contributed by atoms with Crippen molar-refractivity contribution in [1.82, 2.24) is 4.98 Å². The molecule has 1 heterocycles. The van der Waals surface area contributed by atoms with E-state index in [1.54, 1.807) is 12.3 Å². The van der Waals surface area contributed by atoms with Gasteiger partial charge in [-0.3, -0.25) is 10.1 Å². The predicted octanol–water partition coefficient (Wildman–Crippen LogP) is 2.96. The van der Waals surface area contributed by atoms with E-state index in [0.29, 0.717) is 18.0 Å². The number of hydrogen-bond donors (Lipinski definition) is 1. The second kappa shape index (κ2) is 4.96. The molecule has 6 nitrogen and oxygen atoms in total. The largest absolute Gasteiger partial charge is 0.447 e. The molecule has 0 fully saturated rings. The van der Waals surface area contributed by atoms with E-state index in [1.165, 1.54) is 18.5 Å². The molecule has 88 valence electrons. The number of benzene rings is 1. The number of hydrogen-bond acceptors (Lipinski definition) is 5. The normalized spacial score (nSPS) is 10.2. The summed E-state index contributed by atoms with van der Waals surface area (Å²) in [4.78, 5) is 14.0. The van der Waals surface area contributed by atoms with Gasteiger partial charge in [-0.25, -0.2) is 4.98 Å². The van der Waals surface area contributed by atoms with Gasteiger partial charge in [0.05, 0.1) is 23.4 Å². The van der Waals surface area contributed by atoms with E-state index in [1.807, 2.05) is 0 Å². The monoisotopic (exact) mass is 297 g/mol. The Hall–Kier alpha value is -1.89. The summed E-state index contributed by atoms with van der Waals surface area (Å²) in [6.07, 6.45) is 2.91. The van der Waals surface area contributed by atoms with Crippen LogP contribution >= 0.6 is 15.9 Å². The highest BCUT2D eigenvalue weighted by molar-refractivity contribution is 9.10. The van der Waals surface area contributed by atoms with E-state index in [4.69, 9.17) is 4.42 Å². The Balaban J connectivity index is 2.14. The maximum Gasteiger partial charge on any atom is 0.271 e. The SMILES string of the molecule is O=[N+]([O-])c1ccc(Br)c(NCc2cnco2)c1. The summed E-state index contributed by atoms with van der Waals surface area (Å²) in [6, 6.07) is 4.52. The fourth-order valence-corrected chi connectivity index (χ4v) is 1.66. The predicted molar refractivity (Wildman–Crippen MR) is 64.6 cm³/mol. The van der Waals surface area contributed by atoms with Crippen molar-refractivity contribution in [2.45, 2.75) is 6.54 Å². The molecule has 0 amide bonds. The second-order valence-electron chi connectivity index (χ2n) is 3.24. The number of nitro benzene ring substituents is 1. The summed E-state index contributed by atoms with van der Waals surface area (Å²) < 4.78 is 5.80. The van der Waals surface area contributed by atoms with Crippen molar-refractivity contribution in [2.24, 2.45) is 0 Å². The molecule has 0 spiro atoms. The Bertz CT molecular complexity index is 528. The number of anilines is 1. The molecule has 1 N–H and O–H groups in total. The van der Waals surface area contributed by atoms with Gasteiger partial charge in [0, 0.05) is 16.6 Å². The highest BCUT2D eigenvalue weighted by Crippen LogP contribution is 2.27. The summed E-state index contributed by atoms with van der Waals surface area (Å²) in [5.74, 6) is 0.656. The summed E-state index contributed by atoms with van der Waals surface area (Å²) in [6.45, 7) is 0.416. The number of rotatable bonds is 4. The fraction of sp³-hybridized carbons (Fsp3) is 0.100. The van der Waals surface area contributed by atoms with Gasteiger partial charge in [-0.2, -0.15) is 0 Å². The number of nitrogens with one attached hydrogen (secondary N) is 1. The number of aromatic nitrogens is 1. The maximum atomic E-state index is 10.6. The van der Waals surface area contributed by atoms with Crippen LogP contribution in [0.1, 0.15) is 5.76 Å². The molecule has 0 aliphatic carbocycles. The van der Waals surface area contributed by atoms with E-state index in [-0.39, 0.29) is 5.69 Å². The zero-order chi connectivity index (χ0) is 12.3. The minimum Gasteiger partial charge on any atom is -0.447 e. The van der Waals surface area contributed by atoms with Gasteiger partial charge in [0.2, 0.25) is 0 Å². The lowest BCUT2D eigenvalue weighted by Gasteiger charge is -2.06. The van der Waals surface area contributed by atoms with Gasteiger partial charge in [-0.1, -0.05) is 0 Å². The van der Waals surface area contributed by atoms with E-state index in [0.717, 1.165) is 4.47 Å². The summed E-state index contributed by atoms with van der Waals surface area (Å²) in [5, 5.41) is 13.7. The van der Waals surface area contributed by atoms with Crippen molar-refractivity contribution in [3.8, 4) is 0 Å². The molecule has 0 radical (unpaired) electrons. The van der Waals surface area contributed by atoms with Crippen LogP contribution in [0.5, 0.6) is 0 Å². The van der Waals surface area contributed by atoms with Gasteiger partial charge in [0.15, 0.2) is 6.39 Å². The highest BCUT2D eigenvalue weighted by atomic mass is 79.9. The third-order valence-corrected chi connectivity index (χ3v) is 2.79. The molecule has 0 saturated carbocycles. The number of non-ortho nitro benzene ring substituents is 1. The molecule has 2 aromatic rings. The molecule has 7 heteroatoms. The van der Waals surface area contributed by atoms with E-state index in [2.05, 4.69) is 26.2 Å². The van der Waals surface area contributed by atoms with Crippen molar-refractivity contribution in [3.63, 3.8) is 0 Å². The first kappa shape index (κ1) is 11.6. The van der Waals surface area contributed by atoms with Crippen molar-refractivity contribution in [1.29, 1.82) is 0 Å². The van der Waals surface area contributed by atoms with Gasteiger partial charge < -0.3 is 9.73 Å². The standard InChI is InChI=1S/C10H8BrN3O3/c11-9-2-1-7(14(15)16)3-10(9)13-5-8-4-12-6-17-8/h1-4,6,13H,5H2. The Morgan fingerprint density at radius 3 is 3.00 bits per heavy atom. The van der Waals surface area contributed by atoms with Crippen molar-refractivity contribution < 1.29 is 9.34 Å². The van der Waals surface area contributed by atoms with Crippen LogP contribution in [0.3, 0.4) is 0 Å². The summed E-state index contributed by atoms with van der Waals surface area (Å²) >= 11 is 3.31. The first-order valence-electron chi connectivity index (χ1n) is 4.72. The average Bonchev–Trinajstić information content (AvgIpc) is 2.80. The number of nitro groups is 1. The van der Waals surface area contributed by atoms with E-state index < -0.39 is 4.92 Å². The molecule has 0 saturated heterocycles. The fourth-order valence-electron chi connectivity index (χ4n) is 1.27. The topological polar surface area (TPSA) is 81.2 Å². The molecule has 2 rings (SSSR count). The number of oxazole rings is 1. The summed E-state index contributed by atoms with van der Waals surface area (Å²) in [5.41, 5.74) is 0.670. The maximum absolute atomic E-state index is 10.6. The molecule has 1 aromatic carbocycles. The van der Waals surface area contributed by atoms with E-state index >= 15 is 0 Å². The lowest BCUT2D eigenvalue weighted by Crippen LogP contribution is -2.00. The van der Waals surface area contributed by atoms with Crippen molar-refractivity contribution in [3.05, 3.63) is 51.1 Å². The van der Waals surface area contributed by atoms with Gasteiger partial charge >= 0.3 is 0 Å².